The third-order valence-corrected chi connectivity index (χ3v) is 19.7. The summed E-state index contributed by atoms with van der Waals surface area (Å²) in [6, 6.07) is 0. The lowest BCUT2D eigenvalue weighted by atomic mass is 10.00. The molecule has 0 fully saturated rings. The van der Waals surface area contributed by atoms with Gasteiger partial charge in [0, 0.05) is 25.7 Å². The largest absolute Gasteiger partial charge is 0.472 e. The number of carbonyl (C=O) groups excluding carboxylic acids is 4. The van der Waals surface area contributed by atoms with Gasteiger partial charge in [-0.2, -0.15) is 0 Å². The van der Waals surface area contributed by atoms with E-state index in [4.69, 9.17) is 37.0 Å². The second-order valence-electron chi connectivity index (χ2n) is 27.8. The van der Waals surface area contributed by atoms with Gasteiger partial charge in [-0.05, 0) is 37.5 Å². The molecular weight excluding hydrogens is 1230 g/mol. The first-order chi connectivity index (χ1) is 45.4. The zero-order valence-electron chi connectivity index (χ0n) is 61.3. The molecule has 3 N–H and O–H groups in total. The lowest BCUT2D eigenvalue weighted by Crippen LogP contribution is -2.30. The molecule has 0 aromatic carbocycles. The van der Waals surface area contributed by atoms with Crippen LogP contribution in [-0.2, 0) is 65.4 Å². The van der Waals surface area contributed by atoms with E-state index in [2.05, 4.69) is 41.5 Å². The normalized spacial score (nSPS) is 14.3. The van der Waals surface area contributed by atoms with Crippen LogP contribution in [0.3, 0.4) is 0 Å². The van der Waals surface area contributed by atoms with Gasteiger partial charge in [-0.3, -0.25) is 37.3 Å². The summed E-state index contributed by atoms with van der Waals surface area (Å²) in [5, 5.41) is 10.6. The highest BCUT2D eigenvalue weighted by atomic mass is 31.2. The van der Waals surface area contributed by atoms with Gasteiger partial charge >= 0.3 is 39.5 Å². The van der Waals surface area contributed by atoms with Gasteiger partial charge in [0.1, 0.15) is 19.3 Å². The Morgan fingerprint density at radius 1 is 0.309 bits per heavy atom. The predicted molar refractivity (Wildman–Crippen MR) is 381 cm³/mol. The minimum Gasteiger partial charge on any atom is -0.462 e. The van der Waals surface area contributed by atoms with Crippen molar-refractivity contribution in [2.75, 3.05) is 39.6 Å². The first-order valence-corrected chi connectivity index (χ1v) is 42.0. The van der Waals surface area contributed by atoms with Crippen molar-refractivity contribution < 1.29 is 80.2 Å². The minimum atomic E-state index is -4.96. The van der Waals surface area contributed by atoms with Gasteiger partial charge < -0.3 is 33.8 Å². The predicted octanol–water partition coefficient (Wildman–Crippen LogP) is 21.9. The molecule has 0 spiro atoms. The maximum Gasteiger partial charge on any atom is 0.472 e. The minimum absolute atomic E-state index is 0.106. The van der Waals surface area contributed by atoms with E-state index in [1.54, 1.807) is 0 Å². The summed E-state index contributed by atoms with van der Waals surface area (Å²) in [6.45, 7) is 9.53. The van der Waals surface area contributed by atoms with Gasteiger partial charge in [0.2, 0.25) is 0 Å². The van der Waals surface area contributed by atoms with E-state index in [0.29, 0.717) is 25.7 Å². The van der Waals surface area contributed by atoms with Crippen LogP contribution in [0.25, 0.3) is 0 Å². The van der Waals surface area contributed by atoms with E-state index in [9.17, 15) is 43.2 Å². The molecule has 0 heterocycles. The Bertz CT molecular complexity index is 1820. The van der Waals surface area contributed by atoms with Crippen molar-refractivity contribution >= 4 is 39.5 Å². The van der Waals surface area contributed by atoms with Gasteiger partial charge in [0.25, 0.3) is 0 Å². The van der Waals surface area contributed by atoms with E-state index >= 15 is 0 Å². The highest BCUT2D eigenvalue weighted by molar-refractivity contribution is 7.47. The molecule has 0 aromatic heterocycles. The average Bonchev–Trinajstić information content (AvgIpc) is 1.31. The van der Waals surface area contributed by atoms with Crippen LogP contribution in [0.4, 0.5) is 0 Å². The van der Waals surface area contributed by atoms with Gasteiger partial charge in [0.05, 0.1) is 26.4 Å². The quantitative estimate of drug-likeness (QED) is 0.0222. The van der Waals surface area contributed by atoms with Crippen molar-refractivity contribution in [3.8, 4) is 0 Å². The average molecular weight is 1380 g/mol. The monoisotopic (exact) mass is 1380 g/mol. The summed E-state index contributed by atoms with van der Waals surface area (Å²) in [4.78, 5) is 72.7. The van der Waals surface area contributed by atoms with Gasteiger partial charge in [0.15, 0.2) is 12.2 Å². The summed E-state index contributed by atoms with van der Waals surface area (Å²) in [5.74, 6) is -0.629. The number of aliphatic hydroxyl groups is 1. The van der Waals surface area contributed by atoms with E-state index < -0.39 is 97.5 Å². The van der Waals surface area contributed by atoms with E-state index in [1.807, 2.05) is 0 Å². The fraction of sp³-hybridized carbons (Fsp3) is 0.947. The van der Waals surface area contributed by atoms with Crippen LogP contribution in [-0.4, -0.2) is 96.7 Å². The number of phosphoric acid groups is 2. The number of aliphatic hydroxyl groups excluding tert-OH is 1. The Labute approximate surface area is 575 Å². The highest BCUT2D eigenvalue weighted by Crippen LogP contribution is 2.45. The maximum atomic E-state index is 13.1. The summed E-state index contributed by atoms with van der Waals surface area (Å²) in [5.41, 5.74) is 0. The lowest BCUT2D eigenvalue weighted by Gasteiger charge is -2.21. The van der Waals surface area contributed by atoms with Crippen LogP contribution >= 0.6 is 15.6 Å². The number of unbranched alkanes of at least 4 members (excludes halogenated alkanes) is 43. The highest BCUT2D eigenvalue weighted by Gasteiger charge is 2.30. The smallest absolute Gasteiger partial charge is 0.462 e. The Morgan fingerprint density at radius 2 is 0.543 bits per heavy atom. The first kappa shape index (κ1) is 92.1. The molecule has 0 aromatic rings. The molecule has 0 bridgehead atoms. The molecule has 19 heteroatoms. The third kappa shape index (κ3) is 67.3. The SMILES string of the molecule is CCCCCCCCCCCCCCCCCCCCCCC(=O)O[C@H](COC(=O)CCCCCCCCCCCCC(C)C)COP(=O)(O)OC[C@@H](O)COP(=O)(O)OC[C@@H](COC(=O)CCCCCCCCC(C)CC)OC(=O)CCCCCCCCCCCCC. The van der Waals surface area contributed by atoms with Crippen molar-refractivity contribution in [3.63, 3.8) is 0 Å². The molecule has 0 saturated heterocycles. The Hall–Kier alpha value is -1.94. The Balaban J connectivity index is 5.21. The number of esters is 4. The van der Waals surface area contributed by atoms with Crippen LogP contribution < -0.4 is 0 Å². The summed E-state index contributed by atoms with van der Waals surface area (Å²) in [7, 11) is -9.91. The molecule has 0 radical (unpaired) electrons. The number of rotatable bonds is 74. The molecular formula is C75H146O17P2. The molecule has 6 atom stereocenters. The van der Waals surface area contributed by atoms with Crippen molar-refractivity contribution in [3.05, 3.63) is 0 Å². The fourth-order valence-electron chi connectivity index (χ4n) is 11.4. The van der Waals surface area contributed by atoms with Gasteiger partial charge in [-0.15, -0.1) is 0 Å². The fourth-order valence-corrected chi connectivity index (χ4v) is 13.0. The Morgan fingerprint density at radius 3 is 0.809 bits per heavy atom. The van der Waals surface area contributed by atoms with Gasteiger partial charge in [-0.1, -0.05) is 337 Å². The summed E-state index contributed by atoms with van der Waals surface area (Å²) < 4.78 is 68.4. The zero-order valence-corrected chi connectivity index (χ0v) is 63.1. The summed E-state index contributed by atoms with van der Waals surface area (Å²) in [6.07, 6.45) is 54.2. The second-order valence-corrected chi connectivity index (χ2v) is 30.7. The van der Waals surface area contributed by atoms with E-state index in [-0.39, 0.29) is 25.7 Å². The first-order valence-electron chi connectivity index (χ1n) is 39.0. The Kier molecular flexibility index (Phi) is 65.5. The number of hydrogen-bond acceptors (Lipinski definition) is 15. The molecule has 558 valence electrons. The van der Waals surface area contributed by atoms with Gasteiger partial charge in [-0.25, -0.2) is 9.13 Å². The molecule has 3 unspecified atom stereocenters. The number of hydrogen-bond donors (Lipinski definition) is 3. The number of phosphoric ester groups is 2. The summed E-state index contributed by atoms with van der Waals surface area (Å²) >= 11 is 0. The third-order valence-electron chi connectivity index (χ3n) is 17.8. The van der Waals surface area contributed by atoms with E-state index in [0.717, 1.165) is 108 Å². The molecule has 0 aliphatic rings. The molecule has 0 rings (SSSR count). The molecule has 0 aliphatic carbocycles. The van der Waals surface area contributed by atoms with E-state index in [1.165, 1.54) is 199 Å². The molecule has 0 saturated carbocycles. The van der Waals surface area contributed by atoms with Crippen molar-refractivity contribution in [1.82, 2.24) is 0 Å². The van der Waals surface area contributed by atoms with Crippen molar-refractivity contribution in [2.45, 2.75) is 407 Å². The molecule has 0 amide bonds. The molecule has 0 aliphatic heterocycles. The zero-order chi connectivity index (χ0) is 69.3. The number of carbonyl (C=O) groups is 4. The second kappa shape index (κ2) is 66.9. The van der Waals surface area contributed by atoms with Crippen LogP contribution in [0.1, 0.15) is 388 Å². The van der Waals surface area contributed by atoms with Crippen LogP contribution in [0.5, 0.6) is 0 Å². The van der Waals surface area contributed by atoms with Crippen LogP contribution in [0.15, 0.2) is 0 Å². The molecule has 94 heavy (non-hydrogen) atoms. The van der Waals surface area contributed by atoms with Crippen LogP contribution in [0, 0.1) is 11.8 Å². The lowest BCUT2D eigenvalue weighted by molar-refractivity contribution is -0.161. The molecule has 17 nitrogen and oxygen atoms in total. The van der Waals surface area contributed by atoms with Crippen molar-refractivity contribution in [2.24, 2.45) is 11.8 Å². The standard InChI is InChI=1S/C75H146O17P2/c1-7-10-12-14-16-18-20-21-22-23-24-25-26-27-28-30-36-40-48-54-60-75(80)91-70(63-85-72(77)57-51-45-38-34-32-31-33-37-43-49-55-67(4)5)65-89-93(81,82)87-61-69(76)62-88-94(83,84)90-66-71(64-86-73(78)58-52-46-42-41-44-50-56-68(6)9-3)92-74(79)59-53-47-39-35-29-19-17-15-13-11-8-2/h67-71,76H,7-66H2,1-6H3,(H,81,82)(H,83,84)/t68?,69-,70-,71-/m1/s1. The topological polar surface area (TPSA) is 237 Å². The maximum absolute atomic E-state index is 13.1. The number of ether oxygens (including phenoxy) is 4. The van der Waals surface area contributed by atoms with Crippen LogP contribution in [0.2, 0.25) is 0 Å². The van der Waals surface area contributed by atoms with Crippen molar-refractivity contribution in [1.29, 1.82) is 0 Å².